The van der Waals surface area contributed by atoms with Crippen LogP contribution < -0.4 is 10.0 Å². The zero-order valence-corrected chi connectivity index (χ0v) is 11.3. The van der Waals surface area contributed by atoms with E-state index < -0.39 is 10.0 Å². The van der Waals surface area contributed by atoms with Crippen molar-refractivity contribution in [3.8, 4) is 0 Å². The van der Waals surface area contributed by atoms with E-state index in [0.717, 1.165) is 43.5 Å². The van der Waals surface area contributed by atoms with Gasteiger partial charge >= 0.3 is 0 Å². The van der Waals surface area contributed by atoms with E-state index in [1.165, 1.54) is 0 Å². The normalized spacial score (nSPS) is 18.3. The molecule has 3 rings (SSSR count). The average Bonchev–Trinajstić information content (AvgIpc) is 3.22. The van der Waals surface area contributed by atoms with Gasteiger partial charge in [-0.15, -0.1) is 0 Å². The highest BCUT2D eigenvalue weighted by Gasteiger charge is 2.33. The van der Waals surface area contributed by atoms with Crippen LogP contribution >= 0.6 is 0 Å². The Morgan fingerprint density at radius 1 is 1.32 bits per heavy atom. The largest absolute Gasteiger partial charge is 0.385 e. The molecule has 0 unspecified atom stereocenters. The molecule has 5 nitrogen and oxygen atoms in total. The number of hydrogen-bond donors (Lipinski definition) is 2. The quantitative estimate of drug-likeness (QED) is 0.874. The minimum absolute atomic E-state index is 0.118. The summed E-state index contributed by atoms with van der Waals surface area (Å²) in [6.07, 6.45) is 3.19. The van der Waals surface area contributed by atoms with Crippen LogP contribution in [0.25, 0.3) is 0 Å². The molecule has 0 aromatic heterocycles. The predicted molar refractivity (Wildman–Crippen MR) is 71.3 cm³/mol. The van der Waals surface area contributed by atoms with Gasteiger partial charge in [0.25, 0.3) is 10.0 Å². The topological polar surface area (TPSA) is 75.3 Å². The third kappa shape index (κ3) is 2.45. The predicted octanol–water partition coefficient (Wildman–Crippen LogP) is 1.26. The summed E-state index contributed by atoms with van der Waals surface area (Å²) >= 11 is 0. The number of rotatable bonds is 3. The van der Waals surface area contributed by atoms with Crippen LogP contribution in [0, 0.1) is 5.92 Å². The fourth-order valence-corrected chi connectivity index (χ4v) is 3.68. The van der Waals surface area contributed by atoms with Crippen molar-refractivity contribution in [2.24, 2.45) is 5.92 Å². The lowest BCUT2D eigenvalue weighted by Crippen LogP contribution is -2.32. The summed E-state index contributed by atoms with van der Waals surface area (Å²) in [5.41, 5.74) is 1.64. The summed E-state index contributed by atoms with van der Waals surface area (Å²) in [5.74, 6) is -0.492. The molecule has 102 valence electrons. The number of benzene rings is 1. The van der Waals surface area contributed by atoms with Crippen molar-refractivity contribution >= 4 is 21.6 Å². The molecule has 2 aliphatic rings. The maximum absolute atomic E-state index is 12.3. The van der Waals surface area contributed by atoms with Crippen LogP contribution in [0.4, 0.5) is 5.69 Å². The fraction of sp³-hybridized carbons (Fsp3) is 0.462. The van der Waals surface area contributed by atoms with Gasteiger partial charge in [0.1, 0.15) is 0 Å². The van der Waals surface area contributed by atoms with Crippen LogP contribution in [0.3, 0.4) is 0 Å². The van der Waals surface area contributed by atoms with Crippen LogP contribution in [-0.2, 0) is 21.2 Å². The molecule has 1 heterocycles. The van der Waals surface area contributed by atoms with E-state index >= 15 is 0 Å². The zero-order chi connectivity index (χ0) is 13.5. The molecule has 1 aromatic carbocycles. The van der Waals surface area contributed by atoms with Gasteiger partial charge < -0.3 is 5.32 Å². The van der Waals surface area contributed by atoms with Crippen molar-refractivity contribution in [3.05, 3.63) is 23.8 Å². The Morgan fingerprint density at radius 3 is 2.84 bits per heavy atom. The molecule has 1 aliphatic heterocycles. The number of carbonyl (C=O) groups is 1. The molecule has 6 heteroatoms. The van der Waals surface area contributed by atoms with Gasteiger partial charge in [-0.25, -0.2) is 13.1 Å². The second kappa shape index (κ2) is 4.52. The third-order valence-corrected chi connectivity index (χ3v) is 4.96. The van der Waals surface area contributed by atoms with Gasteiger partial charge in [0.05, 0.1) is 4.90 Å². The number of anilines is 1. The number of carbonyl (C=O) groups excluding carboxylic acids is 1. The lowest BCUT2D eigenvalue weighted by Gasteiger charge is -2.20. The van der Waals surface area contributed by atoms with E-state index in [4.69, 9.17) is 0 Å². The molecule has 0 atom stereocenters. The van der Waals surface area contributed by atoms with Crippen molar-refractivity contribution in [2.75, 3.05) is 11.9 Å². The molecular formula is C13H16N2O3S. The molecule has 0 spiro atoms. The van der Waals surface area contributed by atoms with E-state index in [0.29, 0.717) is 0 Å². The molecule has 1 amide bonds. The van der Waals surface area contributed by atoms with Gasteiger partial charge in [-0.2, -0.15) is 0 Å². The van der Waals surface area contributed by atoms with Crippen molar-refractivity contribution in [2.45, 2.75) is 30.6 Å². The molecule has 0 radical (unpaired) electrons. The standard InChI is InChI=1S/C13H16N2O3S/c16-13(9-6-7-9)15-19(17,18)12-5-1-4-11-10(12)3-2-8-14-11/h1,4-5,9,14H,2-3,6-8H2,(H,15,16). The molecule has 1 fully saturated rings. The molecule has 1 aliphatic carbocycles. The van der Waals surface area contributed by atoms with Crippen molar-refractivity contribution < 1.29 is 13.2 Å². The van der Waals surface area contributed by atoms with Gasteiger partial charge in [0, 0.05) is 18.2 Å². The number of sulfonamides is 1. The number of amides is 1. The number of hydrogen-bond acceptors (Lipinski definition) is 4. The molecule has 1 saturated carbocycles. The summed E-state index contributed by atoms with van der Waals surface area (Å²) in [6.45, 7) is 0.852. The Morgan fingerprint density at radius 2 is 2.11 bits per heavy atom. The van der Waals surface area contributed by atoms with Crippen LogP contribution in [0.2, 0.25) is 0 Å². The van der Waals surface area contributed by atoms with Crippen molar-refractivity contribution in [1.29, 1.82) is 0 Å². The first-order valence-corrected chi connectivity index (χ1v) is 7.99. The van der Waals surface area contributed by atoms with E-state index in [9.17, 15) is 13.2 Å². The Labute approximate surface area is 112 Å². The zero-order valence-electron chi connectivity index (χ0n) is 10.5. The highest BCUT2D eigenvalue weighted by atomic mass is 32.2. The Kier molecular flexibility index (Phi) is 2.97. The fourth-order valence-electron chi connectivity index (χ4n) is 2.35. The van der Waals surface area contributed by atoms with Crippen LogP contribution in [0.15, 0.2) is 23.1 Å². The monoisotopic (exact) mass is 280 g/mol. The second-order valence-electron chi connectivity index (χ2n) is 5.06. The van der Waals surface area contributed by atoms with Gasteiger partial charge in [-0.1, -0.05) is 6.07 Å². The minimum atomic E-state index is -3.75. The Bertz CT molecular complexity index is 621. The molecule has 19 heavy (non-hydrogen) atoms. The van der Waals surface area contributed by atoms with E-state index in [-0.39, 0.29) is 16.7 Å². The van der Waals surface area contributed by atoms with Crippen molar-refractivity contribution in [3.63, 3.8) is 0 Å². The van der Waals surface area contributed by atoms with Crippen LogP contribution in [0.1, 0.15) is 24.8 Å². The van der Waals surface area contributed by atoms with Crippen LogP contribution in [0.5, 0.6) is 0 Å². The number of nitrogens with one attached hydrogen (secondary N) is 2. The second-order valence-corrected chi connectivity index (χ2v) is 6.71. The molecule has 1 aromatic rings. The molecule has 0 bridgehead atoms. The summed E-state index contributed by atoms with van der Waals surface area (Å²) < 4.78 is 26.8. The summed E-state index contributed by atoms with van der Waals surface area (Å²) in [7, 11) is -3.75. The Hall–Kier alpha value is -1.56. The van der Waals surface area contributed by atoms with Crippen molar-refractivity contribution in [1.82, 2.24) is 4.72 Å². The first-order valence-electron chi connectivity index (χ1n) is 6.50. The molecular weight excluding hydrogens is 264 g/mol. The Balaban J connectivity index is 1.94. The highest BCUT2D eigenvalue weighted by molar-refractivity contribution is 7.90. The molecule has 0 saturated heterocycles. The maximum atomic E-state index is 12.3. The molecule has 2 N–H and O–H groups in total. The third-order valence-electron chi connectivity index (χ3n) is 3.52. The van der Waals surface area contributed by atoms with Gasteiger partial charge in [0.2, 0.25) is 5.91 Å². The maximum Gasteiger partial charge on any atom is 0.264 e. The summed E-state index contributed by atoms with van der Waals surface area (Å²) in [4.78, 5) is 11.9. The van der Waals surface area contributed by atoms with E-state index in [1.54, 1.807) is 12.1 Å². The lowest BCUT2D eigenvalue weighted by molar-refractivity contribution is -0.120. The van der Waals surface area contributed by atoms with E-state index in [1.807, 2.05) is 6.07 Å². The lowest BCUT2D eigenvalue weighted by atomic mass is 10.0. The first-order chi connectivity index (χ1) is 9.08. The van der Waals surface area contributed by atoms with E-state index in [2.05, 4.69) is 10.0 Å². The van der Waals surface area contributed by atoms with Gasteiger partial charge in [-0.3, -0.25) is 4.79 Å². The van der Waals surface area contributed by atoms with Crippen LogP contribution in [-0.4, -0.2) is 20.9 Å². The number of fused-ring (bicyclic) bond motifs is 1. The minimum Gasteiger partial charge on any atom is -0.385 e. The average molecular weight is 280 g/mol. The van der Waals surface area contributed by atoms with Gasteiger partial charge in [0.15, 0.2) is 0 Å². The SMILES string of the molecule is O=C(NS(=O)(=O)c1cccc2c1CCCN2)C1CC1. The smallest absolute Gasteiger partial charge is 0.264 e. The van der Waals surface area contributed by atoms with Gasteiger partial charge in [-0.05, 0) is 43.4 Å². The first kappa shape index (κ1) is 12.5. The highest BCUT2D eigenvalue weighted by Crippen LogP contribution is 2.31. The summed E-state index contributed by atoms with van der Waals surface area (Å²) in [6, 6.07) is 5.14. The summed E-state index contributed by atoms with van der Waals surface area (Å²) in [5, 5.41) is 3.19.